The summed E-state index contributed by atoms with van der Waals surface area (Å²) in [5.74, 6) is -0.518. The minimum Gasteiger partial charge on any atom is -0.390 e. The van der Waals surface area contributed by atoms with Crippen LogP contribution in [0.15, 0.2) is 73.8 Å². The molecule has 0 fully saturated rings. The van der Waals surface area contributed by atoms with Crippen LogP contribution in [0, 0.1) is 12.8 Å². The van der Waals surface area contributed by atoms with E-state index in [4.69, 9.17) is 4.74 Å². The van der Waals surface area contributed by atoms with Crippen LogP contribution in [0.5, 0.6) is 0 Å². The van der Waals surface area contributed by atoms with E-state index in [2.05, 4.69) is 55.8 Å². The Bertz CT molecular complexity index is 1200. The summed E-state index contributed by atoms with van der Waals surface area (Å²) in [4.78, 5) is 28.4. The minimum atomic E-state index is -0.876. The maximum atomic E-state index is 13.7. The van der Waals surface area contributed by atoms with E-state index in [0.29, 0.717) is 19.4 Å². The van der Waals surface area contributed by atoms with Crippen LogP contribution in [-0.4, -0.2) is 60.2 Å². The van der Waals surface area contributed by atoms with Crippen molar-refractivity contribution in [1.29, 1.82) is 0 Å². The molecule has 0 heterocycles. The third kappa shape index (κ3) is 9.62. The van der Waals surface area contributed by atoms with Crippen molar-refractivity contribution in [2.75, 3.05) is 20.2 Å². The molecule has 0 bridgehead atoms. The minimum absolute atomic E-state index is 0.00863. The van der Waals surface area contributed by atoms with Crippen LogP contribution in [0.1, 0.15) is 80.4 Å². The van der Waals surface area contributed by atoms with Gasteiger partial charge in [-0.3, -0.25) is 9.59 Å². The van der Waals surface area contributed by atoms with Gasteiger partial charge in [-0.2, -0.15) is 0 Å². The third-order valence-corrected chi connectivity index (χ3v) is 8.41. The van der Waals surface area contributed by atoms with Gasteiger partial charge in [0.05, 0.1) is 24.9 Å². The van der Waals surface area contributed by atoms with Crippen molar-refractivity contribution < 1.29 is 19.4 Å². The summed E-state index contributed by atoms with van der Waals surface area (Å²) in [7, 11) is 1.69. The van der Waals surface area contributed by atoms with Crippen LogP contribution in [0.25, 0.3) is 0 Å². The Balaban J connectivity index is 1.75. The highest BCUT2D eigenvalue weighted by Crippen LogP contribution is 2.41. The first kappa shape index (κ1) is 34.2. The number of fused-ring (bicyclic) bond motifs is 1. The summed E-state index contributed by atoms with van der Waals surface area (Å²) in [6, 6.07) is 14.9. The summed E-state index contributed by atoms with van der Waals surface area (Å²) >= 11 is 0. The van der Waals surface area contributed by atoms with Gasteiger partial charge < -0.3 is 25.4 Å². The smallest absolute Gasteiger partial charge is 0.243 e. The molecule has 1 aliphatic rings. The summed E-state index contributed by atoms with van der Waals surface area (Å²) in [6.07, 6.45) is 6.78. The van der Waals surface area contributed by atoms with Crippen LogP contribution in [0.2, 0.25) is 0 Å². The second-order valence-electron chi connectivity index (χ2n) is 11.8. The van der Waals surface area contributed by atoms with Crippen molar-refractivity contribution in [1.82, 2.24) is 15.5 Å². The predicted molar refractivity (Wildman–Crippen MR) is 174 cm³/mol. The average Bonchev–Trinajstić information content (AvgIpc) is 3.35. The number of benzene rings is 2. The number of rotatable bonds is 18. The topological polar surface area (TPSA) is 90.9 Å². The molecule has 0 saturated carbocycles. The van der Waals surface area contributed by atoms with Crippen LogP contribution >= 0.6 is 0 Å². The Morgan fingerprint density at radius 1 is 1.14 bits per heavy atom. The van der Waals surface area contributed by atoms with Crippen molar-refractivity contribution in [2.24, 2.45) is 5.92 Å². The lowest BCUT2D eigenvalue weighted by Gasteiger charge is -2.32. The number of carbonyl (C=O) groups excluding carboxylic acids is 2. The number of hydrogen-bond donors (Lipinski definition) is 3. The fourth-order valence-electron chi connectivity index (χ4n) is 5.86. The second kappa shape index (κ2) is 17.1. The highest BCUT2D eigenvalue weighted by Gasteiger charge is 2.34. The fraction of sp³-hybridized carbons (Fsp3) is 0.500. The number of aliphatic hydroxyl groups is 1. The van der Waals surface area contributed by atoms with Gasteiger partial charge in [0.1, 0.15) is 6.04 Å². The van der Waals surface area contributed by atoms with E-state index < -0.39 is 18.2 Å². The van der Waals surface area contributed by atoms with E-state index in [1.807, 2.05) is 37.3 Å². The third-order valence-electron chi connectivity index (χ3n) is 8.41. The maximum Gasteiger partial charge on any atom is 0.243 e. The van der Waals surface area contributed by atoms with Gasteiger partial charge in [0, 0.05) is 25.6 Å². The molecule has 234 valence electrons. The van der Waals surface area contributed by atoms with Crippen molar-refractivity contribution in [3.05, 3.63) is 96.1 Å². The zero-order valence-electron chi connectivity index (χ0n) is 26.4. The fourth-order valence-corrected chi connectivity index (χ4v) is 5.86. The molecule has 3 rings (SSSR count). The molecule has 3 N–H and O–H groups in total. The molecule has 6 atom stereocenters. The molecule has 0 unspecified atom stereocenters. The number of nitrogens with one attached hydrogen (secondary N) is 2. The van der Waals surface area contributed by atoms with E-state index in [9.17, 15) is 14.7 Å². The van der Waals surface area contributed by atoms with E-state index in [0.717, 1.165) is 36.8 Å². The van der Waals surface area contributed by atoms with Crippen LogP contribution in [0.4, 0.5) is 0 Å². The van der Waals surface area contributed by atoms with E-state index in [-0.39, 0.29) is 36.4 Å². The van der Waals surface area contributed by atoms with E-state index in [1.165, 1.54) is 11.1 Å². The molecule has 2 aromatic rings. The monoisotopic (exact) mass is 589 g/mol. The number of ether oxygens (including phenoxy) is 1. The normalized spacial score (nSPS) is 18.6. The first-order valence-electron chi connectivity index (χ1n) is 15.7. The highest BCUT2D eigenvalue weighted by atomic mass is 16.5. The zero-order chi connectivity index (χ0) is 31.4. The summed E-state index contributed by atoms with van der Waals surface area (Å²) in [5.41, 5.74) is 4.50. The van der Waals surface area contributed by atoms with Crippen molar-refractivity contribution in [2.45, 2.75) is 89.6 Å². The largest absolute Gasteiger partial charge is 0.390 e. The number of aryl methyl sites for hydroxylation is 1. The van der Waals surface area contributed by atoms with Gasteiger partial charge in [0.2, 0.25) is 11.8 Å². The van der Waals surface area contributed by atoms with Crippen LogP contribution < -0.4 is 10.6 Å². The zero-order valence-corrected chi connectivity index (χ0v) is 26.4. The Hall–Kier alpha value is -3.26. The SMILES string of the molecule is C=CCO[C@@H]1C[C@H](NC[C@@H](O)[C@H](Cc2ccccc2)NC(=O)[C@H](CC=C)N(C)C(=O)[C@@H](C)CCCC)c2cc(C)ccc21. The van der Waals surface area contributed by atoms with Gasteiger partial charge in [-0.1, -0.05) is 92.9 Å². The lowest BCUT2D eigenvalue weighted by atomic mass is 9.98. The van der Waals surface area contributed by atoms with Crippen LogP contribution in [0.3, 0.4) is 0 Å². The van der Waals surface area contributed by atoms with E-state index in [1.54, 1.807) is 24.1 Å². The van der Waals surface area contributed by atoms with Gasteiger partial charge in [0.25, 0.3) is 0 Å². The van der Waals surface area contributed by atoms with Gasteiger partial charge in [-0.25, -0.2) is 0 Å². The second-order valence-corrected chi connectivity index (χ2v) is 11.8. The molecule has 1 aliphatic carbocycles. The molecule has 0 aromatic heterocycles. The highest BCUT2D eigenvalue weighted by molar-refractivity contribution is 5.88. The quantitative estimate of drug-likeness (QED) is 0.197. The number of unbranched alkanes of at least 4 members (excludes halogenated alkanes) is 1. The Morgan fingerprint density at radius 2 is 1.88 bits per heavy atom. The molecular formula is C36H51N3O4. The van der Waals surface area contributed by atoms with Crippen LogP contribution in [-0.2, 0) is 20.7 Å². The first-order valence-corrected chi connectivity index (χ1v) is 15.7. The number of aliphatic hydroxyl groups excluding tert-OH is 1. The number of carbonyl (C=O) groups is 2. The molecule has 2 aromatic carbocycles. The van der Waals surface area contributed by atoms with Gasteiger partial charge >= 0.3 is 0 Å². The summed E-state index contributed by atoms with van der Waals surface area (Å²) in [6.45, 7) is 14.4. The molecule has 0 saturated heterocycles. The lowest BCUT2D eigenvalue weighted by Crippen LogP contribution is -2.55. The summed E-state index contributed by atoms with van der Waals surface area (Å²) < 4.78 is 6.05. The van der Waals surface area contributed by atoms with Gasteiger partial charge in [0.15, 0.2) is 0 Å². The van der Waals surface area contributed by atoms with Crippen molar-refractivity contribution in [3.63, 3.8) is 0 Å². The van der Waals surface area contributed by atoms with Gasteiger partial charge in [-0.05, 0) is 49.3 Å². The number of amides is 2. The number of nitrogens with zero attached hydrogens (tertiary/aromatic N) is 1. The molecular weight excluding hydrogens is 538 g/mol. The number of hydrogen-bond acceptors (Lipinski definition) is 5. The maximum absolute atomic E-state index is 13.7. The van der Waals surface area contributed by atoms with Crippen molar-refractivity contribution in [3.8, 4) is 0 Å². The van der Waals surface area contributed by atoms with Gasteiger partial charge in [-0.15, -0.1) is 13.2 Å². The molecule has 0 spiro atoms. The molecule has 0 aliphatic heterocycles. The van der Waals surface area contributed by atoms with E-state index >= 15 is 0 Å². The Labute approximate surface area is 258 Å². The predicted octanol–water partition coefficient (Wildman–Crippen LogP) is 5.59. The number of likely N-dealkylation sites (N-methyl/N-ethyl adjacent to an activating group) is 1. The Kier molecular flexibility index (Phi) is 13.6. The lowest BCUT2D eigenvalue weighted by molar-refractivity contribution is -0.142. The molecule has 7 heteroatoms. The average molecular weight is 590 g/mol. The molecule has 43 heavy (non-hydrogen) atoms. The molecule has 0 radical (unpaired) electrons. The van der Waals surface area contributed by atoms with Crippen molar-refractivity contribution >= 4 is 11.8 Å². The first-order chi connectivity index (χ1) is 20.7. The Morgan fingerprint density at radius 3 is 2.56 bits per heavy atom. The standard InChI is InChI=1S/C36H51N3O4/c1-7-10-15-26(5)36(42)39(6)32(14-8-2)35(41)38-31(22-27-16-12-11-13-17-27)33(40)24-37-30-23-34(43-20-9-3)28-19-18-25(4)21-29(28)30/h8-9,11-13,16-19,21,26,30-34,37,40H,2-3,7,10,14-15,20,22-24H2,1,4-6H3,(H,38,41)/t26-,30-,31-,32-,33+,34+/m0/s1. The molecule has 2 amide bonds. The summed E-state index contributed by atoms with van der Waals surface area (Å²) in [5, 5.41) is 18.2. The molecule has 7 nitrogen and oxygen atoms in total.